The van der Waals surface area contributed by atoms with Crippen molar-refractivity contribution in [3.63, 3.8) is 0 Å². The monoisotopic (exact) mass is 270 g/mol. The Morgan fingerprint density at radius 1 is 1.53 bits per heavy atom. The molecule has 8 heteroatoms. The standard InChI is InChI=1S/C11H18N4O4/c1-10(2,3)19-9(18)15-6-7(13-14-12)5-11(15,4)8(16)17/h7H,5-6H2,1-4H3,(H,16,17)/t7-,11?/m0/s1. The summed E-state index contributed by atoms with van der Waals surface area (Å²) in [4.78, 5) is 27.2. The van der Waals surface area contributed by atoms with Gasteiger partial charge in [0.15, 0.2) is 0 Å². The van der Waals surface area contributed by atoms with E-state index in [4.69, 9.17) is 10.3 Å². The minimum absolute atomic E-state index is 0.0434. The topological polar surface area (TPSA) is 116 Å². The predicted molar refractivity (Wildman–Crippen MR) is 66.5 cm³/mol. The maximum absolute atomic E-state index is 12.0. The van der Waals surface area contributed by atoms with E-state index >= 15 is 0 Å². The van der Waals surface area contributed by atoms with Crippen molar-refractivity contribution in [1.29, 1.82) is 0 Å². The zero-order valence-electron chi connectivity index (χ0n) is 11.5. The van der Waals surface area contributed by atoms with Crippen LogP contribution in [0.3, 0.4) is 0 Å². The number of carbonyl (C=O) groups is 2. The van der Waals surface area contributed by atoms with Crippen molar-refractivity contribution >= 4 is 12.1 Å². The number of ether oxygens (including phenoxy) is 1. The maximum atomic E-state index is 12.0. The second-order valence-electron chi connectivity index (χ2n) is 5.73. The Labute approximate surface area is 111 Å². The van der Waals surface area contributed by atoms with Gasteiger partial charge in [0.25, 0.3) is 0 Å². The van der Waals surface area contributed by atoms with Crippen LogP contribution < -0.4 is 0 Å². The van der Waals surface area contributed by atoms with Crippen LogP contribution in [-0.2, 0) is 9.53 Å². The molecule has 0 aromatic heterocycles. The molecule has 0 spiro atoms. The molecule has 1 unspecified atom stereocenters. The minimum atomic E-state index is -1.42. The molecule has 0 bridgehead atoms. The Morgan fingerprint density at radius 3 is 2.53 bits per heavy atom. The maximum Gasteiger partial charge on any atom is 0.411 e. The first-order valence-corrected chi connectivity index (χ1v) is 5.88. The summed E-state index contributed by atoms with van der Waals surface area (Å²) in [5.41, 5.74) is 6.29. The Morgan fingerprint density at radius 2 is 2.11 bits per heavy atom. The van der Waals surface area contributed by atoms with Gasteiger partial charge in [-0.3, -0.25) is 4.90 Å². The average Bonchev–Trinajstić information content (AvgIpc) is 2.55. The first-order chi connectivity index (χ1) is 8.60. The van der Waals surface area contributed by atoms with Crippen molar-refractivity contribution < 1.29 is 19.4 Å². The molecule has 1 saturated heterocycles. The fourth-order valence-electron chi connectivity index (χ4n) is 1.99. The lowest BCUT2D eigenvalue weighted by Gasteiger charge is -2.32. The summed E-state index contributed by atoms with van der Waals surface area (Å²) < 4.78 is 5.18. The van der Waals surface area contributed by atoms with Gasteiger partial charge in [-0.15, -0.1) is 0 Å². The van der Waals surface area contributed by atoms with Gasteiger partial charge in [-0.1, -0.05) is 5.11 Å². The Balaban J connectivity index is 2.99. The first kappa shape index (κ1) is 15.1. The number of nitrogens with zero attached hydrogens (tertiary/aromatic N) is 4. The number of carboxylic acid groups (broad SMARTS) is 1. The number of aliphatic carboxylic acids is 1. The van der Waals surface area contributed by atoms with E-state index in [9.17, 15) is 14.7 Å². The summed E-state index contributed by atoms with van der Waals surface area (Å²) in [6, 6.07) is -0.557. The van der Waals surface area contributed by atoms with E-state index in [1.807, 2.05) is 0 Å². The number of rotatable bonds is 2. The van der Waals surface area contributed by atoms with Crippen LogP contribution in [0.2, 0.25) is 0 Å². The van der Waals surface area contributed by atoms with Crippen LogP contribution in [0.5, 0.6) is 0 Å². The largest absolute Gasteiger partial charge is 0.480 e. The molecule has 1 aliphatic rings. The van der Waals surface area contributed by atoms with Crippen molar-refractivity contribution in [2.75, 3.05) is 6.54 Å². The summed E-state index contributed by atoms with van der Waals surface area (Å²) in [6.07, 6.45) is -0.640. The first-order valence-electron chi connectivity index (χ1n) is 5.88. The Bertz CT molecular complexity index is 438. The van der Waals surface area contributed by atoms with E-state index in [0.717, 1.165) is 4.90 Å². The van der Waals surface area contributed by atoms with Crippen LogP contribution in [0.25, 0.3) is 10.4 Å². The van der Waals surface area contributed by atoms with Gasteiger partial charge in [0.1, 0.15) is 11.1 Å². The molecule has 1 N–H and O–H groups in total. The summed E-state index contributed by atoms with van der Waals surface area (Å²) in [6.45, 7) is 6.56. The molecule has 1 heterocycles. The third-order valence-electron chi connectivity index (χ3n) is 2.91. The van der Waals surface area contributed by atoms with E-state index in [2.05, 4.69) is 10.0 Å². The lowest BCUT2D eigenvalue weighted by atomic mass is 9.98. The smallest absolute Gasteiger partial charge is 0.411 e. The number of carbonyl (C=O) groups excluding carboxylic acids is 1. The molecule has 0 saturated carbocycles. The van der Waals surface area contributed by atoms with Crippen molar-refractivity contribution in [2.24, 2.45) is 5.11 Å². The zero-order chi connectivity index (χ0) is 14.8. The molecule has 1 rings (SSSR count). The van der Waals surface area contributed by atoms with Gasteiger partial charge >= 0.3 is 12.1 Å². The molecule has 2 atom stereocenters. The number of hydrogen-bond donors (Lipinski definition) is 1. The second-order valence-corrected chi connectivity index (χ2v) is 5.73. The van der Waals surface area contributed by atoms with Crippen molar-refractivity contribution in [1.82, 2.24) is 4.90 Å². The highest BCUT2D eigenvalue weighted by Gasteiger charge is 2.51. The lowest BCUT2D eigenvalue weighted by Crippen LogP contribution is -2.52. The molecule has 1 amide bonds. The van der Waals surface area contributed by atoms with Gasteiger partial charge in [-0.25, -0.2) is 9.59 Å². The van der Waals surface area contributed by atoms with Crippen LogP contribution in [0, 0.1) is 0 Å². The third-order valence-corrected chi connectivity index (χ3v) is 2.91. The van der Waals surface area contributed by atoms with Crippen LogP contribution >= 0.6 is 0 Å². The third kappa shape index (κ3) is 3.29. The van der Waals surface area contributed by atoms with Gasteiger partial charge < -0.3 is 9.84 Å². The fraction of sp³-hybridized carbons (Fsp3) is 0.818. The molecule has 0 aliphatic carbocycles. The number of carboxylic acids is 1. The summed E-state index contributed by atoms with van der Waals surface area (Å²) in [5, 5.41) is 12.8. The van der Waals surface area contributed by atoms with E-state index in [1.165, 1.54) is 6.92 Å². The quantitative estimate of drug-likeness (QED) is 0.470. The molecule has 0 radical (unpaired) electrons. The number of azide groups is 1. The highest BCUT2D eigenvalue weighted by Crippen LogP contribution is 2.32. The minimum Gasteiger partial charge on any atom is -0.480 e. The fourth-order valence-corrected chi connectivity index (χ4v) is 1.99. The van der Waals surface area contributed by atoms with Gasteiger partial charge in [-0.05, 0) is 39.6 Å². The Hall–Kier alpha value is -1.95. The molecule has 0 aromatic rings. The molecule has 8 nitrogen and oxygen atoms in total. The SMILES string of the molecule is CC(C)(C)OC(=O)N1C[C@@H](N=[N+]=[N-])CC1(C)C(=O)O. The molecule has 1 aliphatic heterocycles. The van der Waals surface area contributed by atoms with Gasteiger partial charge in [0.05, 0.1) is 6.04 Å². The van der Waals surface area contributed by atoms with E-state index < -0.39 is 29.2 Å². The molecular weight excluding hydrogens is 252 g/mol. The second kappa shape index (κ2) is 4.97. The lowest BCUT2D eigenvalue weighted by molar-refractivity contribution is -0.148. The van der Waals surface area contributed by atoms with Crippen LogP contribution in [0.1, 0.15) is 34.1 Å². The summed E-state index contributed by atoms with van der Waals surface area (Å²) in [7, 11) is 0. The molecule has 0 aromatic carbocycles. The van der Waals surface area contributed by atoms with Crippen molar-refractivity contribution in [3.05, 3.63) is 10.4 Å². The van der Waals surface area contributed by atoms with E-state index in [1.54, 1.807) is 20.8 Å². The van der Waals surface area contributed by atoms with E-state index in [0.29, 0.717) is 0 Å². The number of amides is 1. The predicted octanol–water partition coefficient (Wildman–Crippen LogP) is 2.15. The van der Waals surface area contributed by atoms with Crippen molar-refractivity contribution in [3.8, 4) is 0 Å². The highest BCUT2D eigenvalue weighted by atomic mass is 16.6. The summed E-state index contributed by atoms with van der Waals surface area (Å²) >= 11 is 0. The van der Waals surface area contributed by atoms with Crippen LogP contribution in [-0.4, -0.2) is 45.8 Å². The van der Waals surface area contributed by atoms with Gasteiger partial charge in [-0.2, -0.15) is 0 Å². The normalized spacial score (nSPS) is 26.7. The number of hydrogen-bond acceptors (Lipinski definition) is 4. The Kier molecular flexibility index (Phi) is 3.95. The van der Waals surface area contributed by atoms with Crippen LogP contribution in [0.15, 0.2) is 5.11 Å². The molecule has 106 valence electrons. The number of likely N-dealkylation sites (tertiary alicyclic amines) is 1. The molecule has 19 heavy (non-hydrogen) atoms. The van der Waals surface area contributed by atoms with Crippen LogP contribution in [0.4, 0.5) is 4.79 Å². The summed E-state index contributed by atoms with van der Waals surface area (Å²) in [5.74, 6) is -1.14. The molecule has 1 fully saturated rings. The zero-order valence-corrected chi connectivity index (χ0v) is 11.5. The average molecular weight is 270 g/mol. The molecular formula is C11H18N4O4. The van der Waals surface area contributed by atoms with E-state index in [-0.39, 0.29) is 13.0 Å². The van der Waals surface area contributed by atoms with Gasteiger partial charge in [0, 0.05) is 11.5 Å². The highest BCUT2D eigenvalue weighted by molar-refractivity contribution is 5.85. The van der Waals surface area contributed by atoms with Crippen molar-refractivity contribution in [2.45, 2.75) is 51.3 Å². The van der Waals surface area contributed by atoms with Gasteiger partial charge in [0.2, 0.25) is 0 Å².